The van der Waals surface area contributed by atoms with Crippen molar-refractivity contribution in [2.24, 2.45) is 40.1 Å². The molecule has 0 spiro atoms. The molecule has 0 fully saturated rings. The number of hydrogen-bond acceptors (Lipinski definition) is 22. The molecule has 3 heterocycles. The summed E-state index contributed by atoms with van der Waals surface area (Å²) in [6.45, 7) is 14.4. The second kappa shape index (κ2) is 56.8. The Morgan fingerprint density at radius 3 is 1.23 bits per heavy atom. The number of fused-ring (bicyclic) bond motifs is 1. The van der Waals surface area contributed by atoms with Crippen LogP contribution in [-0.2, 0) is 83.1 Å². The highest BCUT2D eigenvalue weighted by Crippen LogP contribution is 2.26. The predicted octanol–water partition coefficient (Wildman–Crippen LogP) is -0.278. The normalized spacial score (nSPS) is 25.0. The molecular weight excluding hydrogens is 1650 g/mol. The van der Waals surface area contributed by atoms with E-state index in [9.17, 15) is 52.7 Å². The van der Waals surface area contributed by atoms with Gasteiger partial charge in [0.1, 0.15) is 88.6 Å². The monoisotopic (exact) mass is 1800 g/mol. The number of H-pyrrole nitrogens is 1. The Labute approximate surface area is 753 Å². The summed E-state index contributed by atoms with van der Waals surface area (Å²) in [6, 6.07) is -6.89. The second-order valence-electron chi connectivity index (χ2n) is 34.9. The van der Waals surface area contributed by atoms with Crippen molar-refractivity contribution in [2.45, 2.75) is 350 Å². The van der Waals surface area contributed by atoms with E-state index in [1.54, 1.807) is 12.3 Å². The van der Waals surface area contributed by atoms with Gasteiger partial charge in [-0.05, 0) is 299 Å². The Balaban J connectivity index is 1.75. The lowest BCUT2D eigenvalue weighted by Gasteiger charge is -2.34. The molecule has 4 rings (SSSR count). The quantitative estimate of drug-likeness (QED) is 0.0301. The van der Waals surface area contributed by atoms with Gasteiger partial charge in [0.2, 0.25) is 94.5 Å². The van der Waals surface area contributed by atoms with Gasteiger partial charge >= 0.3 is 0 Å². The third-order valence-corrected chi connectivity index (χ3v) is 23.4. The zero-order valence-corrected chi connectivity index (χ0v) is 76.8. The maximum absolute atomic E-state index is 15.3. The number of nitrogens with two attached hydrogens (primary N) is 7. The molecule has 15 atom stereocenters. The fraction of sp³-hybridized carbons (Fsp3) is 0.685. The first kappa shape index (κ1) is 110. The third-order valence-electron chi connectivity index (χ3n) is 23.4. The van der Waals surface area contributed by atoms with E-state index in [2.05, 4.69) is 84.7 Å². The Kier molecular flexibility index (Phi) is 48.7. The molecule has 39 heteroatoms. The van der Waals surface area contributed by atoms with E-state index in [1.807, 2.05) is 42.5 Å². The first-order valence-corrected chi connectivity index (χ1v) is 45.7. The van der Waals surface area contributed by atoms with Crippen LogP contribution in [0.25, 0.3) is 10.9 Å². The van der Waals surface area contributed by atoms with Crippen LogP contribution in [0.15, 0.2) is 54.8 Å². The molecule has 2 aliphatic heterocycles. The van der Waals surface area contributed by atoms with Gasteiger partial charge in [-0.1, -0.05) is 42.5 Å². The van der Waals surface area contributed by atoms with Gasteiger partial charge in [-0.15, -0.1) is 0 Å². The minimum atomic E-state index is -1.85. The molecule has 0 radical (unpaired) electrons. The van der Waals surface area contributed by atoms with E-state index in [4.69, 9.17) is 40.1 Å². The summed E-state index contributed by atoms with van der Waals surface area (Å²) in [5.41, 5.74) is 35.1. The van der Waals surface area contributed by atoms with Crippen LogP contribution in [0.2, 0.25) is 0 Å². The number of carbonyl (C=O) groups is 16. The number of unbranched alkanes of at least 4 members (excludes halogenated alkanes) is 6. The van der Waals surface area contributed by atoms with Crippen molar-refractivity contribution in [2.75, 3.05) is 39.3 Å². The fourth-order valence-corrected chi connectivity index (χ4v) is 15.1. The number of carbonyl (C=O) groups excluding carboxylic acids is 16. The van der Waals surface area contributed by atoms with Crippen LogP contribution in [0.3, 0.4) is 0 Å². The van der Waals surface area contributed by atoms with Crippen molar-refractivity contribution in [1.29, 1.82) is 0 Å². The molecule has 718 valence electrons. The maximum Gasteiger partial charge on any atom is 0.246 e. The molecule has 2 aliphatic rings. The van der Waals surface area contributed by atoms with Crippen LogP contribution in [0.4, 0.5) is 0 Å². The van der Waals surface area contributed by atoms with Gasteiger partial charge in [-0.2, -0.15) is 0 Å². The average Bonchev–Trinajstić information content (AvgIpc) is 1.50. The second-order valence-corrected chi connectivity index (χ2v) is 34.9. The van der Waals surface area contributed by atoms with Gasteiger partial charge in [0.05, 0.1) is 0 Å². The standard InChI is InChI=1S/C89H151N23O16/c1-56(72(115)103-64(71(96)114)38-20-30-48-90)99-84(127)88(8)46-28-16-11-10-15-27-45-87(7,83(126)101-58(3)74(117)105-66(40-22-32-50-92)77(120)107-70(81(124)112-88)54-61-55-97-63-37-19-18-36-62(61)63)111-80(123)69(43-25-35-53-95)106-78(121)67(41-23-33-51-93)108-85(128)89(9)47-29-17-13-12-14-26-44-86(6,110-79(122)68(102-60(5)113)42-24-34-52-94)82(125)100-57(2)73(116)104-65(39-21-31-49-91)76(119)98-59(4)75(118)109-89/h10-13,18-19,36-37,55-59,64-70,97H,14-17,20-35,38-54,90-95H2,1-9H3,(H2,96,114)(H,98,119)(H,99,127)(H,100,125)(H,101,126)(H,102,113)(H,103,115)(H,104,116)(H,105,117)(H,106,121)(H,107,120)(H,108,128)(H,109,118)(H,110,122)(H,111,123)(H,112,124)/b11-10-,13-12-/t56-,57-,58-,59-,64-,65-,66-,67-,68-,69-,70-,86+,87+,88+,89+/m0/s1. The highest BCUT2D eigenvalue weighted by molar-refractivity contribution is 6.03. The molecule has 0 aliphatic carbocycles. The topological polar surface area (TPSA) is 651 Å². The largest absolute Gasteiger partial charge is 0.368 e. The highest BCUT2D eigenvalue weighted by Gasteiger charge is 2.45. The number of allylic oxidation sites excluding steroid dienone is 4. The maximum atomic E-state index is 15.3. The molecule has 0 unspecified atom stereocenters. The molecule has 128 heavy (non-hydrogen) atoms. The zero-order valence-electron chi connectivity index (χ0n) is 76.8. The van der Waals surface area contributed by atoms with Crippen molar-refractivity contribution in [3.05, 3.63) is 60.3 Å². The van der Waals surface area contributed by atoms with Gasteiger partial charge in [-0.3, -0.25) is 76.7 Å². The Morgan fingerprint density at radius 2 is 0.789 bits per heavy atom. The van der Waals surface area contributed by atoms with Crippen LogP contribution >= 0.6 is 0 Å². The predicted molar refractivity (Wildman–Crippen MR) is 488 cm³/mol. The number of hydrogen-bond donors (Lipinski definition) is 23. The van der Waals surface area contributed by atoms with Crippen LogP contribution < -0.4 is 120 Å². The van der Waals surface area contributed by atoms with Gasteiger partial charge in [-0.25, -0.2) is 0 Å². The summed E-state index contributed by atoms with van der Waals surface area (Å²) < 4.78 is 0. The number of primary amides is 1. The Hall–Kier alpha value is -10.5. The lowest BCUT2D eigenvalue weighted by molar-refractivity contribution is -0.139. The molecule has 1 aromatic heterocycles. The molecule has 0 saturated heterocycles. The lowest BCUT2D eigenvalue weighted by atomic mass is 9.91. The summed E-state index contributed by atoms with van der Waals surface area (Å²) in [5.74, 6) is -12.2. The van der Waals surface area contributed by atoms with Gasteiger partial charge in [0, 0.05) is 30.4 Å². The van der Waals surface area contributed by atoms with E-state index in [0.29, 0.717) is 115 Å². The number of rotatable bonds is 40. The highest BCUT2D eigenvalue weighted by atomic mass is 16.2. The van der Waals surface area contributed by atoms with E-state index in [0.717, 1.165) is 10.9 Å². The first-order valence-electron chi connectivity index (χ1n) is 45.7. The van der Waals surface area contributed by atoms with Crippen LogP contribution in [0, 0.1) is 0 Å². The van der Waals surface area contributed by atoms with E-state index >= 15 is 24.0 Å². The SMILES string of the molecule is CC(=O)N[C@@H](CCCCN)C(=O)N[C@]1(C)CCC/C=C\CCC[C@](C)(C(=O)N[C@@H](CCCCN)C(=O)N[C@@H](CCCCN)C(=O)N[C@]2(C)CCC/C=C\CCC[C@](C)(C(=O)N[C@@H](C)C(=O)N[C@@H](CCCCN)C(N)=O)NC(=O)[C@H](Cc3c[nH]c4ccccc34)NC(=O)[C@H](CCCCN)NC(=O)[C@H](C)NC2=O)NC(=O)[C@H](C)NC(=O)[C@H](CCCCN)NC(=O)[C@H](C)NC1=O. The molecule has 0 bridgehead atoms. The first-order chi connectivity index (χ1) is 60.8. The average molecular weight is 1800 g/mol. The minimum Gasteiger partial charge on any atom is -0.368 e. The fourth-order valence-electron chi connectivity index (χ4n) is 15.1. The summed E-state index contributed by atoms with van der Waals surface area (Å²) in [4.78, 5) is 233. The number of aromatic amines is 1. The van der Waals surface area contributed by atoms with Crippen LogP contribution in [0.1, 0.15) is 261 Å². The molecule has 2 aromatic rings. The summed E-state index contributed by atoms with van der Waals surface area (Å²) in [7, 11) is 0. The number of amides is 16. The molecule has 16 amide bonds. The molecular formula is C89H151N23O16. The number of benzene rings is 1. The minimum absolute atomic E-state index is 0.00604. The molecule has 39 nitrogen and oxygen atoms in total. The van der Waals surface area contributed by atoms with Crippen molar-refractivity contribution in [3.63, 3.8) is 0 Å². The molecule has 0 saturated carbocycles. The van der Waals surface area contributed by atoms with Gasteiger partial charge in [0.15, 0.2) is 0 Å². The number of para-hydroxylation sites is 1. The third kappa shape index (κ3) is 37.3. The van der Waals surface area contributed by atoms with Crippen LogP contribution in [-0.4, -0.2) is 227 Å². The summed E-state index contributed by atoms with van der Waals surface area (Å²) in [5, 5.41) is 42.4. The van der Waals surface area contributed by atoms with Crippen molar-refractivity contribution in [1.82, 2.24) is 84.7 Å². The Morgan fingerprint density at radius 1 is 0.414 bits per heavy atom. The summed E-state index contributed by atoms with van der Waals surface area (Å²) in [6.07, 6.45) is 16.8. The van der Waals surface area contributed by atoms with Crippen LogP contribution in [0.5, 0.6) is 0 Å². The van der Waals surface area contributed by atoms with Gasteiger partial charge < -0.3 is 125 Å². The smallest absolute Gasteiger partial charge is 0.246 e. The van der Waals surface area contributed by atoms with E-state index < -0.39 is 183 Å². The number of nitrogens with one attached hydrogen (secondary N) is 16. The zero-order chi connectivity index (χ0) is 95.2. The molecule has 1 aromatic carbocycles. The lowest BCUT2D eigenvalue weighted by Crippen LogP contribution is -2.65. The van der Waals surface area contributed by atoms with Crippen molar-refractivity contribution in [3.8, 4) is 0 Å². The van der Waals surface area contributed by atoms with Crippen molar-refractivity contribution >= 4 is 105 Å². The number of aromatic nitrogens is 1. The Bertz CT molecular complexity index is 4050. The van der Waals surface area contributed by atoms with E-state index in [1.165, 1.54) is 62.3 Å². The molecule has 30 N–H and O–H groups in total. The van der Waals surface area contributed by atoms with Crippen molar-refractivity contribution < 1.29 is 76.7 Å². The van der Waals surface area contributed by atoms with E-state index in [-0.39, 0.29) is 129 Å². The summed E-state index contributed by atoms with van der Waals surface area (Å²) >= 11 is 0. The van der Waals surface area contributed by atoms with Gasteiger partial charge in [0.25, 0.3) is 0 Å².